The molecule has 0 aliphatic heterocycles. The third-order valence-electron chi connectivity index (χ3n) is 7.62. The van der Waals surface area contributed by atoms with Crippen molar-refractivity contribution < 1.29 is 18.7 Å². The van der Waals surface area contributed by atoms with Crippen molar-refractivity contribution in [2.45, 2.75) is 58.4 Å². The first-order chi connectivity index (χ1) is 17.0. The molecule has 2 heterocycles. The normalized spacial score (nSPS) is 23.1. The van der Waals surface area contributed by atoms with Gasteiger partial charge in [-0.15, -0.1) is 0 Å². The average Bonchev–Trinajstić information content (AvgIpc) is 3.37. The van der Waals surface area contributed by atoms with Crippen LogP contribution < -0.4 is 5.32 Å². The Kier molecular flexibility index (Phi) is 6.71. The number of aromatic nitrogens is 1. The van der Waals surface area contributed by atoms with Gasteiger partial charge < -0.3 is 14.5 Å². The van der Waals surface area contributed by atoms with Gasteiger partial charge in [0.25, 0.3) is 5.91 Å². The highest BCUT2D eigenvalue weighted by molar-refractivity contribution is 6.07. The van der Waals surface area contributed by atoms with Crippen LogP contribution in [0.3, 0.4) is 0 Å². The summed E-state index contributed by atoms with van der Waals surface area (Å²) in [4.78, 5) is 31.0. The molecule has 6 nitrogen and oxygen atoms in total. The summed E-state index contributed by atoms with van der Waals surface area (Å²) in [6.45, 7) is 4.14. The van der Waals surface area contributed by atoms with E-state index in [2.05, 4.69) is 19.2 Å². The van der Waals surface area contributed by atoms with Crippen molar-refractivity contribution in [3.63, 3.8) is 0 Å². The lowest BCUT2D eigenvalue weighted by Gasteiger charge is -2.34. The minimum atomic E-state index is -0.473. The first-order valence-electron chi connectivity index (χ1n) is 12.6. The summed E-state index contributed by atoms with van der Waals surface area (Å²) in [5.74, 6) is 1.04. The Morgan fingerprint density at radius 3 is 2.80 bits per heavy atom. The van der Waals surface area contributed by atoms with Crippen LogP contribution in [0, 0.1) is 11.8 Å². The fraction of sp³-hybridized carbons (Fsp3) is 0.414. The van der Waals surface area contributed by atoms with E-state index in [-0.39, 0.29) is 18.6 Å². The van der Waals surface area contributed by atoms with Gasteiger partial charge >= 0.3 is 5.97 Å². The number of furan rings is 1. The van der Waals surface area contributed by atoms with E-state index in [1.807, 2.05) is 42.5 Å². The van der Waals surface area contributed by atoms with Crippen LogP contribution in [0.2, 0.25) is 0 Å². The van der Waals surface area contributed by atoms with Crippen molar-refractivity contribution >= 4 is 34.4 Å². The van der Waals surface area contributed by atoms with Crippen molar-refractivity contribution in [3.05, 3.63) is 65.2 Å². The molecule has 3 unspecified atom stereocenters. The number of allylic oxidation sites excluding steroid dienone is 1. The molecule has 0 bridgehead atoms. The SMILES string of the molecule is CC1CCCC(NC(=O)COC(=O)c2c3c(nc4ccccc24)C(=Cc2ccco2)CCC3)C1C. The standard InChI is InChI=1S/C29H32N2O4/c1-18-8-5-14-24(19(18)2)30-26(32)17-35-29(33)27-22-11-3-4-13-25(22)31-28-20(9-6-12-23(27)28)16-21-10-7-15-34-21/h3-4,7,10-11,13,15-16,18-19,24H,5-6,8-9,12,14,17H2,1-2H3,(H,30,32). The predicted octanol–water partition coefficient (Wildman–Crippen LogP) is 5.80. The molecule has 1 N–H and O–H groups in total. The van der Waals surface area contributed by atoms with Crippen LogP contribution in [0.4, 0.5) is 0 Å². The molecule has 0 radical (unpaired) electrons. The minimum absolute atomic E-state index is 0.133. The Morgan fingerprint density at radius 1 is 1.11 bits per heavy atom. The van der Waals surface area contributed by atoms with E-state index >= 15 is 0 Å². The summed E-state index contributed by atoms with van der Waals surface area (Å²) in [7, 11) is 0. The number of para-hydroxylation sites is 1. The Bertz CT molecular complexity index is 1260. The molecule has 0 spiro atoms. The number of nitrogens with one attached hydrogen (secondary N) is 1. The molecule has 3 aromatic rings. The van der Waals surface area contributed by atoms with Gasteiger partial charge in [-0.2, -0.15) is 0 Å². The van der Waals surface area contributed by atoms with E-state index in [0.29, 0.717) is 17.4 Å². The molecule has 6 heteroatoms. The number of esters is 1. The summed E-state index contributed by atoms with van der Waals surface area (Å²) in [5.41, 5.74) is 3.99. The second-order valence-electron chi connectivity index (χ2n) is 9.89. The van der Waals surface area contributed by atoms with Gasteiger partial charge in [0, 0.05) is 11.4 Å². The predicted molar refractivity (Wildman–Crippen MR) is 136 cm³/mol. The van der Waals surface area contributed by atoms with Crippen LogP contribution in [0.25, 0.3) is 22.6 Å². The third-order valence-corrected chi connectivity index (χ3v) is 7.62. The lowest BCUT2D eigenvalue weighted by Crippen LogP contribution is -2.45. The van der Waals surface area contributed by atoms with Crippen LogP contribution in [0.1, 0.15) is 73.3 Å². The third kappa shape index (κ3) is 4.88. The zero-order valence-electron chi connectivity index (χ0n) is 20.4. The molecule has 1 saturated carbocycles. The number of benzene rings is 1. The lowest BCUT2D eigenvalue weighted by atomic mass is 9.78. The zero-order chi connectivity index (χ0) is 24.4. The maximum atomic E-state index is 13.4. The number of rotatable bonds is 5. The van der Waals surface area contributed by atoms with Gasteiger partial charge in [-0.25, -0.2) is 9.78 Å². The Balaban J connectivity index is 1.40. The van der Waals surface area contributed by atoms with E-state index < -0.39 is 5.97 Å². The van der Waals surface area contributed by atoms with Crippen molar-refractivity contribution in [2.24, 2.45) is 11.8 Å². The minimum Gasteiger partial charge on any atom is -0.465 e. The topological polar surface area (TPSA) is 81.4 Å². The quantitative estimate of drug-likeness (QED) is 0.475. The molecule has 2 aromatic heterocycles. The Labute approximate surface area is 205 Å². The van der Waals surface area contributed by atoms with Gasteiger partial charge in [0.2, 0.25) is 0 Å². The number of ether oxygens (including phenoxy) is 1. The van der Waals surface area contributed by atoms with E-state index in [4.69, 9.17) is 14.1 Å². The Hall–Kier alpha value is -3.41. The first kappa shape index (κ1) is 23.3. The monoisotopic (exact) mass is 472 g/mol. The Morgan fingerprint density at radius 2 is 1.97 bits per heavy atom. The molecule has 1 aromatic carbocycles. The van der Waals surface area contributed by atoms with Gasteiger partial charge in [-0.1, -0.05) is 44.9 Å². The fourth-order valence-electron chi connectivity index (χ4n) is 5.49. The summed E-state index contributed by atoms with van der Waals surface area (Å²) in [5, 5.41) is 3.84. The molecule has 3 atom stereocenters. The summed E-state index contributed by atoms with van der Waals surface area (Å²) in [6, 6.07) is 11.5. The number of carbonyl (C=O) groups excluding carboxylic acids is 2. The summed E-state index contributed by atoms with van der Waals surface area (Å²) >= 11 is 0. The molecule has 0 saturated heterocycles. The smallest absolute Gasteiger partial charge is 0.339 e. The second-order valence-corrected chi connectivity index (χ2v) is 9.89. The molecule has 182 valence electrons. The molecule has 1 fully saturated rings. The van der Waals surface area contributed by atoms with E-state index in [9.17, 15) is 9.59 Å². The van der Waals surface area contributed by atoms with Crippen molar-refractivity contribution in [1.82, 2.24) is 10.3 Å². The lowest BCUT2D eigenvalue weighted by molar-refractivity contribution is -0.125. The zero-order valence-corrected chi connectivity index (χ0v) is 20.4. The second kappa shape index (κ2) is 10.1. The first-order valence-corrected chi connectivity index (χ1v) is 12.6. The van der Waals surface area contributed by atoms with Crippen LogP contribution >= 0.6 is 0 Å². The van der Waals surface area contributed by atoms with Crippen LogP contribution in [0.15, 0.2) is 47.1 Å². The maximum Gasteiger partial charge on any atom is 0.339 e. The average molecular weight is 473 g/mol. The molecule has 2 aliphatic carbocycles. The van der Waals surface area contributed by atoms with Crippen molar-refractivity contribution in [3.8, 4) is 0 Å². The number of hydrogen-bond acceptors (Lipinski definition) is 5. The molecule has 5 rings (SSSR count). The highest BCUT2D eigenvalue weighted by Crippen LogP contribution is 2.36. The van der Waals surface area contributed by atoms with Crippen LogP contribution in [-0.4, -0.2) is 29.5 Å². The number of fused-ring (bicyclic) bond motifs is 2. The highest BCUT2D eigenvalue weighted by Gasteiger charge is 2.29. The van der Waals surface area contributed by atoms with Crippen molar-refractivity contribution in [2.75, 3.05) is 6.61 Å². The van der Waals surface area contributed by atoms with E-state index in [1.54, 1.807) is 6.26 Å². The largest absolute Gasteiger partial charge is 0.465 e. The molecule has 2 aliphatic rings. The summed E-state index contributed by atoms with van der Waals surface area (Å²) in [6.07, 6.45) is 9.40. The van der Waals surface area contributed by atoms with Crippen LogP contribution in [-0.2, 0) is 16.0 Å². The van der Waals surface area contributed by atoms with Gasteiger partial charge in [0.15, 0.2) is 6.61 Å². The number of amides is 1. The van der Waals surface area contributed by atoms with E-state index in [0.717, 1.165) is 65.6 Å². The van der Waals surface area contributed by atoms with E-state index in [1.165, 1.54) is 6.42 Å². The molecular formula is C29H32N2O4. The van der Waals surface area contributed by atoms with Gasteiger partial charge in [0.05, 0.1) is 23.0 Å². The number of nitrogens with zero attached hydrogens (tertiary/aromatic N) is 1. The molecule has 1 amide bonds. The fourth-order valence-corrected chi connectivity index (χ4v) is 5.49. The molecule has 35 heavy (non-hydrogen) atoms. The van der Waals surface area contributed by atoms with Gasteiger partial charge in [0.1, 0.15) is 5.76 Å². The van der Waals surface area contributed by atoms with Gasteiger partial charge in [-0.3, -0.25) is 4.79 Å². The van der Waals surface area contributed by atoms with Crippen molar-refractivity contribution in [1.29, 1.82) is 0 Å². The van der Waals surface area contributed by atoms with Gasteiger partial charge in [-0.05, 0) is 72.9 Å². The number of carbonyl (C=O) groups is 2. The van der Waals surface area contributed by atoms with Crippen LogP contribution in [0.5, 0.6) is 0 Å². The maximum absolute atomic E-state index is 13.4. The molecular weight excluding hydrogens is 440 g/mol. The number of hydrogen-bond donors (Lipinski definition) is 1. The number of pyridine rings is 1. The highest BCUT2D eigenvalue weighted by atomic mass is 16.5. The summed E-state index contributed by atoms with van der Waals surface area (Å²) < 4.78 is 11.1.